The van der Waals surface area contributed by atoms with Gasteiger partial charge in [-0.25, -0.2) is 0 Å². The Kier molecular flexibility index (Phi) is 5.92. The maximum Gasteiger partial charge on any atom is 0.311 e. The fraction of sp³-hybridized carbons (Fsp3) is 0.462. The predicted octanol–water partition coefficient (Wildman–Crippen LogP) is 1.33. The molecule has 1 aromatic rings. The molecule has 1 aromatic carbocycles. The van der Waals surface area contributed by atoms with E-state index in [-0.39, 0.29) is 28.9 Å². The molecule has 7 nitrogen and oxygen atoms in total. The van der Waals surface area contributed by atoms with Gasteiger partial charge in [-0.3, -0.25) is 14.9 Å². The zero-order valence-electron chi connectivity index (χ0n) is 11.8. The maximum atomic E-state index is 11.9. The van der Waals surface area contributed by atoms with E-state index >= 15 is 0 Å². The number of carbonyl (C=O) groups excluding carboxylic acids is 1. The van der Waals surface area contributed by atoms with Gasteiger partial charge in [0, 0.05) is 24.2 Å². The van der Waals surface area contributed by atoms with Crippen molar-refractivity contribution < 1.29 is 14.5 Å². The molecule has 0 fully saturated rings. The van der Waals surface area contributed by atoms with Gasteiger partial charge in [0.25, 0.3) is 5.91 Å². The Morgan fingerprint density at radius 2 is 2.20 bits per heavy atom. The molecule has 1 atom stereocenters. The number of hydrogen-bond acceptors (Lipinski definition) is 5. The van der Waals surface area contributed by atoms with Gasteiger partial charge in [-0.15, -0.1) is 0 Å². The normalized spacial score (nSPS) is 11.8. The summed E-state index contributed by atoms with van der Waals surface area (Å²) in [5.74, 6) is -0.215. The van der Waals surface area contributed by atoms with E-state index < -0.39 is 4.92 Å². The Morgan fingerprint density at radius 1 is 1.50 bits per heavy atom. The Balaban J connectivity index is 2.78. The molecule has 0 radical (unpaired) electrons. The van der Waals surface area contributed by atoms with Crippen LogP contribution in [-0.2, 0) is 0 Å². The van der Waals surface area contributed by atoms with Gasteiger partial charge < -0.3 is 15.4 Å². The van der Waals surface area contributed by atoms with Crippen molar-refractivity contribution in [3.05, 3.63) is 33.9 Å². The van der Waals surface area contributed by atoms with E-state index in [0.717, 1.165) is 6.54 Å². The Bertz CT molecular complexity index is 491. The van der Waals surface area contributed by atoms with Gasteiger partial charge in [0.2, 0.25) is 0 Å². The molecule has 20 heavy (non-hydrogen) atoms. The van der Waals surface area contributed by atoms with Crippen LogP contribution in [-0.4, -0.2) is 37.1 Å². The van der Waals surface area contributed by atoms with E-state index in [1.54, 1.807) is 0 Å². The highest BCUT2D eigenvalue weighted by atomic mass is 16.6. The monoisotopic (exact) mass is 281 g/mol. The lowest BCUT2D eigenvalue weighted by atomic mass is 10.1. The summed E-state index contributed by atoms with van der Waals surface area (Å²) in [7, 11) is 1.35. The van der Waals surface area contributed by atoms with Gasteiger partial charge in [-0.05, 0) is 25.6 Å². The quantitative estimate of drug-likeness (QED) is 0.581. The smallest absolute Gasteiger partial charge is 0.311 e. The lowest BCUT2D eigenvalue weighted by Gasteiger charge is -2.13. The number of ether oxygens (including phenoxy) is 1. The number of likely N-dealkylation sites (N-methyl/N-ethyl adjacent to an activating group) is 1. The zero-order valence-corrected chi connectivity index (χ0v) is 11.8. The van der Waals surface area contributed by atoms with Crippen LogP contribution >= 0.6 is 0 Å². The third kappa shape index (κ3) is 4.20. The molecule has 0 aliphatic heterocycles. The minimum atomic E-state index is -0.573. The van der Waals surface area contributed by atoms with Gasteiger partial charge in [0.15, 0.2) is 5.75 Å². The van der Waals surface area contributed by atoms with Crippen LogP contribution in [0.1, 0.15) is 24.2 Å². The molecule has 0 heterocycles. The summed E-state index contributed by atoms with van der Waals surface area (Å²) in [6, 6.07) is 4.27. The fourth-order valence-corrected chi connectivity index (χ4v) is 1.74. The average Bonchev–Trinajstić information content (AvgIpc) is 2.44. The van der Waals surface area contributed by atoms with Gasteiger partial charge in [0.1, 0.15) is 0 Å². The van der Waals surface area contributed by atoms with Crippen molar-refractivity contribution in [1.29, 1.82) is 0 Å². The molecule has 0 unspecified atom stereocenters. The number of nitrogens with one attached hydrogen (secondary N) is 2. The lowest BCUT2D eigenvalue weighted by molar-refractivity contribution is -0.385. The first kappa shape index (κ1) is 15.9. The fourth-order valence-electron chi connectivity index (χ4n) is 1.74. The molecular weight excluding hydrogens is 262 g/mol. The Hall–Kier alpha value is -2.15. The highest BCUT2D eigenvalue weighted by Gasteiger charge is 2.18. The zero-order chi connectivity index (χ0) is 15.1. The van der Waals surface area contributed by atoms with E-state index in [4.69, 9.17) is 4.74 Å². The number of nitrogens with zero attached hydrogens (tertiary/aromatic N) is 1. The first-order valence-electron chi connectivity index (χ1n) is 6.33. The number of rotatable bonds is 7. The molecule has 2 N–H and O–H groups in total. The molecule has 0 aliphatic rings. The summed E-state index contributed by atoms with van der Waals surface area (Å²) < 4.78 is 4.89. The van der Waals surface area contributed by atoms with Gasteiger partial charge in [0.05, 0.1) is 12.0 Å². The second kappa shape index (κ2) is 7.44. The summed E-state index contributed by atoms with van der Waals surface area (Å²) in [5.41, 5.74) is 0.0149. The van der Waals surface area contributed by atoms with Gasteiger partial charge >= 0.3 is 5.69 Å². The molecule has 0 saturated carbocycles. The van der Waals surface area contributed by atoms with E-state index in [1.165, 1.54) is 25.3 Å². The number of hydrogen-bond donors (Lipinski definition) is 2. The van der Waals surface area contributed by atoms with Crippen LogP contribution in [0.4, 0.5) is 5.69 Å². The highest BCUT2D eigenvalue weighted by molar-refractivity contribution is 5.95. The van der Waals surface area contributed by atoms with Crippen LogP contribution < -0.4 is 15.4 Å². The summed E-state index contributed by atoms with van der Waals surface area (Å²) in [6.45, 7) is 5.18. The van der Waals surface area contributed by atoms with E-state index in [1.807, 2.05) is 13.8 Å². The van der Waals surface area contributed by atoms with Gasteiger partial charge in [-0.1, -0.05) is 6.92 Å². The molecule has 0 aliphatic carbocycles. The largest absolute Gasteiger partial charge is 0.490 e. The Labute approximate surface area is 117 Å². The third-order valence-electron chi connectivity index (χ3n) is 2.76. The SMILES string of the molecule is CCN[C@H](C)CNC(=O)c1ccc(OC)c([N+](=O)[O-])c1. The van der Waals surface area contributed by atoms with E-state index in [0.29, 0.717) is 6.54 Å². The number of carbonyl (C=O) groups is 1. The van der Waals surface area contributed by atoms with Crippen molar-refractivity contribution in [2.24, 2.45) is 0 Å². The van der Waals surface area contributed by atoms with E-state index in [2.05, 4.69) is 10.6 Å². The first-order valence-corrected chi connectivity index (χ1v) is 6.33. The van der Waals surface area contributed by atoms with Crippen molar-refractivity contribution in [2.75, 3.05) is 20.2 Å². The van der Waals surface area contributed by atoms with Crippen LogP contribution in [0.5, 0.6) is 5.75 Å². The van der Waals surface area contributed by atoms with Crippen LogP contribution in [0.15, 0.2) is 18.2 Å². The summed E-state index contributed by atoms with van der Waals surface area (Å²) in [6.07, 6.45) is 0. The number of methoxy groups -OCH3 is 1. The summed E-state index contributed by atoms with van der Waals surface area (Å²) in [4.78, 5) is 22.2. The van der Waals surface area contributed by atoms with Gasteiger partial charge in [-0.2, -0.15) is 0 Å². The highest BCUT2D eigenvalue weighted by Crippen LogP contribution is 2.27. The van der Waals surface area contributed by atoms with Crippen molar-refractivity contribution in [3.63, 3.8) is 0 Å². The molecule has 110 valence electrons. The van der Waals surface area contributed by atoms with Crippen LogP contribution in [0, 0.1) is 10.1 Å². The molecule has 1 amide bonds. The number of amides is 1. The predicted molar refractivity (Wildman–Crippen MR) is 75.1 cm³/mol. The van der Waals surface area contributed by atoms with Crippen LogP contribution in [0.3, 0.4) is 0 Å². The minimum Gasteiger partial charge on any atom is -0.490 e. The molecule has 0 bridgehead atoms. The molecular formula is C13H19N3O4. The van der Waals surface area contributed by atoms with Crippen LogP contribution in [0.2, 0.25) is 0 Å². The molecule has 1 rings (SSSR count). The molecule has 7 heteroatoms. The van der Waals surface area contributed by atoms with E-state index in [9.17, 15) is 14.9 Å². The van der Waals surface area contributed by atoms with Crippen molar-refractivity contribution in [1.82, 2.24) is 10.6 Å². The van der Waals surface area contributed by atoms with Crippen molar-refractivity contribution in [3.8, 4) is 5.75 Å². The van der Waals surface area contributed by atoms with Crippen LogP contribution in [0.25, 0.3) is 0 Å². The number of nitro groups is 1. The maximum absolute atomic E-state index is 11.9. The number of nitro benzene ring substituents is 1. The number of benzene rings is 1. The average molecular weight is 281 g/mol. The molecule has 0 spiro atoms. The summed E-state index contributed by atoms with van der Waals surface area (Å²) >= 11 is 0. The second-order valence-corrected chi connectivity index (χ2v) is 4.31. The molecule has 0 saturated heterocycles. The second-order valence-electron chi connectivity index (χ2n) is 4.31. The minimum absolute atomic E-state index is 0.132. The lowest BCUT2D eigenvalue weighted by Crippen LogP contribution is -2.38. The van der Waals surface area contributed by atoms with Crippen molar-refractivity contribution in [2.45, 2.75) is 19.9 Å². The summed E-state index contributed by atoms with van der Waals surface area (Å²) in [5, 5.41) is 16.8. The standard InChI is InChI=1S/C13H19N3O4/c1-4-14-9(2)8-15-13(17)10-5-6-12(20-3)11(7-10)16(18)19/h5-7,9,14H,4,8H2,1-3H3,(H,15,17)/t9-/m1/s1. The molecule has 0 aromatic heterocycles. The third-order valence-corrected chi connectivity index (χ3v) is 2.76. The topological polar surface area (TPSA) is 93.5 Å². The first-order chi connectivity index (χ1) is 9.49. The Morgan fingerprint density at radius 3 is 2.75 bits per heavy atom. The van der Waals surface area contributed by atoms with Crippen molar-refractivity contribution >= 4 is 11.6 Å².